The normalized spacial score (nSPS) is 20.8. The topological polar surface area (TPSA) is 34.1 Å². The standard InChI is InChI=1S/C14H16O2/c1-10(15)11-5-7-12(8-6-11)13-3-2-4-14(16)9-13/h5-8,13H,2-4,9H2,1H3/t13-/m0/s1. The van der Waals surface area contributed by atoms with E-state index < -0.39 is 0 Å². The van der Waals surface area contributed by atoms with Crippen molar-refractivity contribution in [2.45, 2.75) is 38.5 Å². The van der Waals surface area contributed by atoms with Crippen molar-refractivity contribution in [3.63, 3.8) is 0 Å². The summed E-state index contributed by atoms with van der Waals surface area (Å²) in [5, 5.41) is 0. The van der Waals surface area contributed by atoms with Crippen LogP contribution in [0, 0.1) is 0 Å². The lowest BCUT2D eigenvalue weighted by molar-refractivity contribution is -0.120. The summed E-state index contributed by atoms with van der Waals surface area (Å²) in [6.07, 6.45) is 3.49. The molecule has 0 unspecified atom stereocenters. The van der Waals surface area contributed by atoms with Crippen molar-refractivity contribution >= 4 is 11.6 Å². The van der Waals surface area contributed by atoms with Crippen LogP contribution in [0.15, 0.2) is 24.3 Å². The second-order valence-electron chi connectivity index (χ2n) is 4.51. The fraction of sp³-hybridized carbons (Fsp3) is 0.429. The highest BCUT2D eigenvalue weighted by molar-refractivity contribution is 5.94. The van der Waals surface area contributed by atoms with Gasteiger partial charge in [0.15, 0.2) is 5.78 Å². The summed E-state index contributed by atoms with van der Waals surface area (Å²) in [6, 6.07) is 7.69. The van der Waals surface area contributed by atoms with Gasteiger partial charge in [0.25, 0.3) is 0 Å². The van der Waals surface area contributed by atoms with Gasteiger partial charge in [-0.3, -0.25) is 9.59 Å². The van der Waals surface area contributed by atoms with Gasteiger partial charge in [-0.15, -0.1) is 0 Å². The lowest BCUT2D eigenvalue weighted by Gasteiger charge is -2.21. The van der Waals surface area contributed by atoms with Crippen molar-refractivity contribution in [2.75, 3.05) is 0 Å². The van der Waals surface area contributed by atoms with E-state index in [2.05, 4.69) is 0 Å². The zero-order valence-electron chi connectivity index (χ0n) is 9.53. The second kappa shape index (κ2) is 4.60. The summed E-state index contributed by atoms with van der Waals surface area (Å²) in [5.41, 5.74) is 1.93. The predicted octanol–water partition coefficient (Wildman–Crippen LogP) is 3.12. The maximum Gasteiger partial charge on any atom is 0.159 e. The lowest BCUT2D eigenvalue weighted by Crippen LogP contribution is -2.13. The molecule has 0 saturated heterocycles. The Morgan fingerprint density at radius 3 is 2.50 bits per heavy atom. The number of ketones is 2. The first-order valence-corrected chi connectivity index (χ1v) is 5.79. The number of hydrogen-bond donors (Lipinski definition) is 0. The fourth-order valence-electron chi connectivity index (χ4n) is 2.30. The van der Waals surface area contributed by atoms with Crippen LogP contribution >= 0.6 is 0 Å². The van der Waals surface area contributed by atoms with Crippen LogP contribution in [0.5, 0.6) is 0 Å². The summed E-state index contributed by atoms with van der Waals surface area (Å²) in [5.74, 6) is 0.820. The molecule has 0 amide bonds. The molecule has 0 spiro atoms. The third-order valence-corrected chi connectivity index (χ3v) is 3.27. The van der Waals surface area contributed by atoms with Crippen LogP contribution in [-0.4, -0.2) is 11.6 Å². The van der Waals surface area contributed by atoms with Crippen molar-refractivity contribution in [3.05, 3.63) is 35.4 Å². The third kappa shape index (κ3) is 2.38. The molecule has 0 aromatic heterocycles. The Bertz CT molecular complexity index is 403. The summed E-state index contributed by atoms with van der Waals surface area (Å²) >= 11 is 0. The molecule has 84 valence electrons. The Kier molecular flexibility index (Phi) is 3.18. The summed E-state index contributed by atoms with van der Waals surface area (Å²) in [7, 11) is 0. The van der Waals surface area contributed by atoms with Gasteiger partial charge in [-0.25, -0.2) is 0 Å². The van der Waals surface area contributed by atoms with Crippen LogP contribution in [0.25, 0.3) is 0 Å². The number of carbonyl (C=O) groups is 2. The van der Waals surface area contributed by atoms with E-state index in [1.807, 2.05) is 24.3 Å². The molecule has 1 saturated carbocycles. The molecule has 1 aromatic carbocycles. The molecular weight excluding hydrogens is 200 g/mol. The van der Waals surface area contributed by atoms with E-state index in [4.69, 9.17) is 0 Å². The summed E-state index contributed by atoms with van der Waals surface area (Å²) in [4.78, 5) is 22.5. The molecule has 0 bridgehead atoms. The van der Waals surface area contributed by atoms with Crippen molar-refractivity contribution in [3.8, 4) is 0 Å². The monoisotopic (exact) mass is 216 g/mol. The fourth-order valence-corrected chi connectivity index (χ4v) is 2.30. The van der Waals surface area contributed by atoms with Crippen molar-refractivity contribution in [2.24, 2.45) is 0 Å². The molecule has 0 heterocycles. The Morgan fingerprint density at radius 1 is 1.25 bits per heavy atom. The highest BCUT2D eigenvalue weighted by Gasteiger charge is 2.20. The number of carbonyl (C=O) groups excluding carboxylic acids is 2. The number of Topliss-reactive ketones (excluding diaryl/α,β-unsaturated/α-hetero) is 2. The van der Waals surface area contributed by atoms with E-state index in [-0.39, 0.29) is 5.78 Å². The number of benzene rings is 1. The highest BCUT2D eigenvalue weighted by Crippen LogP contribution is 2.30. The largest absolute Gasteiger partial charge is 0.300 e. The minimum absolute atomic E-state index is 0.0891. The van der Waals surface area contributed by atoms with Crippen LogP contribution < -0.4 is 0 Å². The van der Waals surface area contributed by atoms with Crippen molar-refractivity contribution < 1.29 is 9.59 Å². The molecule has 2 nitrogen and oxygen atoms in total. The average Bonchev–Trinajstić information content (AvgIpc) is 2.29. The minimum Gasteiger partial charge on any atom is -0.300 e. The first-order valence-electron chi connectivity index (χ1n) is 5.79. The van der Waals surface area contributed by atoms with E-state index in [0.717, 1.165) is 24.8 Å². The predicted molar refractivity (Wildman–Crippen MR) is 62.7 cm³/mol. The molecule has 1 aliphatic rings. The van der Waals surface area contributed by atoms with Gasteiger partial charge in [0.05, 0.1) is 0 Å². The molecule has 0 N–H and O–H groups in total. The van der Waals surface area contributed by atoms with E-state index >= 15 is 0 Å². The van der Waals surface area contributed by atoms with Crippen LogP contribution in [0.1, 0.15) is 54.4 Å². The van der Waals surface area contributed by atoms with E-state index in [1.54, 1.807) is 6.92 Å². The van der Waals surface area contributed by atoms with Gasteiger partial charge < -0.3 is 0 Å². The van der Waals surface area contributed by atoms with Gasteiger partial charge in [-0.2, -0.15) is 0 Å². The molecule has 1 atom stereocenters. The number of rotatable bonds is 2. The maximum absolute atomic E-state index is 11.4. The third-order valence-electron chi connectivity index (χ3n) is 3.27. The molecule has 2 heteroatoms. The molecule has 1 fully saturated rings. The van der Waals surface area contributed by atoms with Gasteiger partial charge in [-0.1, -0.05) is 24.3 Å². The maximum atomic E-state index is 11.4. The summed E-state index contributed by atoms with van der Waals surface area (Å²) < 4.78 is 0. The number of hydrogen-bond acceptors (Lipinski definition) is 2. The molecule has 1 aliphatic carbocycles. The first-order chi connectivity index (χ1) is 7.66. The zero-order valence-corrected chi connectivity index (χ0v) is 9.53. The van der Waals surface area contributed by atoms with E-state index in [0.29, 0.717) is 18.1 Å². The van der Waals surface area contributed by atoms with Crippen LogP contribution in [0.4, 0.5) is 0 Å². The van der Waals surface area contributed by atoms with Gasteiger partial charge in [0, 0.05) is 18.4 Å². The van der Waals surface area contributed by atoms with Crippen LogP contribution in [-0.2, 0) is 4.79 Å². The average molecular weight is 216 g/mol. The van der Waals surface area contributed by atoms with Crippen LogP contribution in [0.3, 0.4) is 0 Å². The zero-order chi connectivity index (χ0) is 11.5. The molecular formula is C14H16O2. The Hall–Kier alpha value is -1.44. The lowest BCUT2D eigenvalue weighted by atomic mass is 9.83. The Balaban J connectivity index is 2.14. The molecule has 0 aliphatic heterocycles. The van der Waals surface area contributed by atoms with Crippen molar-refractivity contribution in [1.82, 2.24) is 0 Å². The van der Waals surface area contributed by atoms with Gasteiger partial charge in [0.2, 0.25) is 0 Å². The SMILES string of the molecule is CC(=O)c1ccc([C@H]2CCCC(=O)C2)cc1. The van der Waals surface area contributed by atoms with E-state index in [9.17, 15) is 9.59 Å². The molecule has 2 rings (SSSR count). The molecule has 16 heavy (non-hydrogen) atoms. The summed E-state index contributed by atoms with van der Waals surface area (Å²) in [6.45, 7) is 1.57. The van der Waals surface area contributed by atoms with Crippen LogP contribution in [0.2, 0.25) is 0 Å². The smallest absolute Gasteiger partial charge is 0.159 e. The van der Waals surface area contributed by atoms with E-state index in [1.165, 1.54) is 5.56 Å². The van der Waals surface area contributed by atoms with Crippen molar-refractivity contribution in [1.29, 1.82) is 0 Å². The highest BCUT2D eigenvalue weighted by atomic mass is 16.1. The molecule has 0 radical (unpaired) electrons. The van der Waals surface area contributed by atoms with Gasteiger partial charge in [-0.05, 0) is 31.2 Å². The Morgan fingerprint density at radius 2 is 1.94 bits per heavy atom. The quantitative estimate of drug-likeness (QED) is 0.712. The van der Waals surface area contributed by atoms with Gasteiger partial charge >= 0.3 is 0 Å². The first kappa shape index (κ1) is 11.1. The second-order valence-corrected chi connectivity index (χ2v) is 4.51. The van der Waals surface area contributed by atoms with Gasteiger partial charge in [0.1, 0.15) is 5.78 Å². The Labute approximate surface area is 95.7 Å². The molecule has 1 aromatic rings. The minimum atomic E-state index is 0.0891.